The van der Waals surface area contributed by atoms with Gasteiger partial charge < -0.3 is 66.7 Å². The van der Waals surface area contributed by atoms with Gasteiger partial charge in [-0.05, 0) is 43.5 Å². The number of nitro benzene ring substituents is 1. The van der Waals surface area contributed by atoms with Gasteiger partial charge in [0.15, 0.2) is 57.9 Å². The molecule has 3 fully saturated rings. The van der Waals surface area contributed by atoms with Gasteiger partial charge in [0.05, 0.1) is 79.1 Å². The molecule has 3 aromatic rings. The average molecular weight is 1070 g/mol. The van der Waals surface area contributed by atoms with Crippen LogP contribution in [0.25, 0.3) is 0 Å². The van der Waals surface area contributed by atoms with Gasteiger partial charge in [-0.3, -0.25) is 24.6 Å². The molecule has 8 rings (SSSR count). The number of nitrogens with zero attached hydrogens (tertiary/aromatic N) is 4. The third-order valence-electron chi connectivity index (χ3n) is 12.7. The number of hydrogen-bond acceptors (Lipinski definition) is 18. The van der Waals surface area contributed by atoms with Crippen LogP contribution in [0, 0.1) is 10.1 Å². The SMILES string of the molecule is C=C1CC2CN(C(=O)OCc3ccc(O[C@@H]4O[C@H](C(=O)OI)C[C@H](O)C4O)c([N+](=O)[O-])c3)c3cc(OCCCOc4cc5c(cc4OC)C(=O)N4CC(=C)C[C@@]4(C)[C@H](O)N5)c(OC)cc3C(=O)N2C1. The summed E-state index contributed by atoms with van der Waals surface area (Å²) >= 11 is 1.34. The van der Waals surface area contributed by atoms with Crippen LogP contribution in [0.15, 0.2) is 66.8 Å². The number of nitrogens with one attached hydrogen (secondary N) is 1. The zero-order chi connectivity index (χ0) is 49.5. The van der Waals surface area contributed by atoms with E-state index in [1.54, 1.807) is 28.9 Å². The zero-order valence-electron chi connectivity index (χ0n) is 37.7. The lowest BCUT2D eigenvalue weighted by molar-refractivity contribution is -0.386. The van der Waals surface area contributed by atoms with Crippen LogP contribution in [0.5, 0.6) is 28.7 Å². The van der Waals surface area contributed by atoms with Gasteiger partial charge in [-0.1, -0.05) is 30.4 Å². The normalized spacial score (nSPS) is 25.0. The fourth-order valence-corrected chi connectivity index (χ4v) is 9.41. The average Bonchev–Trinajstić information content (AvgIpc) is 3.82. The molecular weight excluding hydrogens is 1020 g/mol. The Labute approximate surface area is 409 Å². The number of anilines is 2. The van der Waals surface area contributed by atoms with Crippen molar-refractivity contribution in [3.63, 3.8) is 0 Å². The highest BCUT2D eigenvalue weighted by atomic mass is 127. The third kappa shape index (κ3) is 9.64. The van der Waals surface area contributed by atoms with E-state index in [-0.39, 0.29) is 78.6 Å². The molecule has 3 aromatic carbocycles. The van der Waals surface area contributed by atoms with Gasteiger partial charge >= 0.3 is 17.7 Å². The summed E-state index contributed by atoms with van der Waals surface area (Å²) in [7, 11) is 2.87. The monoisotopic (exact) mass is 1070 g/mol. The molecule has 0 saturated carbocycles. The molecule has 5 aliphatic heterocycles. The summed E-state index contributed by atoms with van der Waals surface area (Å²) in [6.07, 6.45) is -7.17. The second kappa shape index (κ2) is 19.9. The van der Waals surface area contributed by atoms with Crippen molar-refractivity contribution in [1.82, 2.24) is 9.80 Å². The number of halogens is 1. The van der Waals surface area contributed by atoms with Crippen LogP contribution in [0.4, 0.5) is 21.9 Å². The van der Waals surface area contributed by atoms with Crippen molar-refractivity contribution < 1.29 is 75.6 Å². The molecule has 5 aliphatic rings. The molecule has 0 bridgehead atoms. The Morgan fingerprint density at radius 3 is 2.32 bits per heavy atom. The molecular formula is C46H50IN5O17. The van der Waals surface area contributed by atoms with E-state index in [2.05, 4.69) is 21.5 Å². The van der Waals surface area contributed by atoms with Crippen molar-refractivity contribution in [2.45, 2.75) is 81.6 Å². The Morgan fingerprint density at radius 2 is 1.64 bits per heavy atom. The van der Waals surface area contributed by atoms with Gasteiger partial charge in [0, 0.05) is 44.1 Å². The number of carbonyl (C=O) groups is 4. The Kier molecular flexibility index (Phi) is 14.1. The quantitative estimate of drug-likeness (QED) is 0.0573. The van der Waals surface area contributed by atoms with Crippen LogP contribution >= 0.6 is 23.0 Å². The minimum Gasteiger partial charge on any atom is -0.493 e. The maximum Gasteiger partial charge on any atom is 0.414 e. The van der Waals surface area contributed by atoms with Crippen molar-refractivity contribution in [3.05, 3.63) is 93.6 Å². The number of methoxy groups -OCH3 is 2. The number of benzene rings is 3. The van der Waals surface area contributed by atoms with Crippen LogP contribution in [-0.4, -0.2) is 143 Å². The highest BCUT2D eigenvalue weighted by Crippen LogP contribution is 2.44. The largest absolute Gasteiger partial charge is 0.493 e. The van der Waals surface area contributed by atoms with Crippen LogP contribution < -0.4 is 33.9 Å². The summed E-state index contributed by atoms with van der Waals surface area (Å²) in [6.45, 7) is 10.2. The van der Waals surface area contributed by atoms with Gasteiger partial charge in [-0.15, -0.1) is 0 Å². The van der Waals surface area contributed by atoms with E-state index < -0.39 is 71.7 Å². The minimum absolute atomic E-state index is 0.0114. The van der Waals surface area contributed by atoms with Gasteiger partial charge in [0.25, 0.3) is 11.8 Å². The number of carbonyl (C=O) groups excluding carboxylic acids is 4. The topological polar surface area (TPSA) is 268 Å². The van der Waals surface area contributed by atoms with Crippen LogP contribution in [0.1, 0.15) is 58.9 Å². The maximum atomic E-state index is 14.1. The second-order valence-electron chi connectivity index (χ2n) is 17.4. The minimum atomic E-state index is -1.67. The first-order valence-electron chi connectivity index (χ1n) is 21.8. The first kappa shape index (κ1) is 49.0. The molecule has 0 aliphatic carbocycles. The van der Waals surface area contributed by atoms with Crippen LogP contribution in [0.3, 0.4) is 0 Å². The molecule has 0 aromatic heterocycles. The number of hydrogen-bond donors (Lipinski definition) is 4. The number of fused-ring (bicyclic) bond motifs is 4. The highest BCUT2D eigenvalue weighted by Gasteiger charge is 2.50. The smallest absolute Gasteiger partial charge is 0.414 e. The number of rotatable bonds is 14. The van der Waals surface area contributed by atoms with E-state index in [1.165, 1.54) is 66.4 Å². The van der Waals surface area contributed by atoms with E-state index >= 15 is 0 Å². The molecule has 368 valence electrons. The summed E-state index contributed by atoms with van der Waals surface area (Å²) < 4.78 is 44.9. The molecule has 5 heterocycles. The number of aliphatic hydroxyl groups excluding tert-OH is 3. The number of aliphatic hydroxyl groups is 3. The summed E-state index contributed by atoms with van der Waals surface area (Å²) in [5, 5.41) is 47.2. The molecule has 3 saturated heterocycles. The van der Waals surface area contributed by atoms with Gasteiger partial charge in [-0.25, -0.2) is 9.59 Å². The zero-order valence-corrected chi connectivity index (χ0v) is 39.9. The lowest BCUT2D eigenvalue weighted by Crippen LogP contribution is -2.53. The molecule has 7 atom stereocenters. The molecule has 0 spiro atoms. The third-order valence-corrected chi connectivity index (χ3v) is 13.1. The van der Waals surface area contributed by atoms with Gasteiger partial charge in [-0.2, -0.15) is 0 Å². The Hall–Kier alpha value is -6.41. The highest BCUT2D eigenvalue weighted by molar-refractivity contribution is 14.1. The number of amides is 3. The standard InChI is InChI=1S/C46H50IN5O17/c1-23-11-26-21-50(45(59)66-22-25-7-8-33(31(12-25)52(60)61)67-43-39(54)32(53)17-38(68-43)42(57)69-47)30-16-37(35(63-5)14-28(30)40(55)49(26)19-23)65-10-6-9-64-36-15-29-27(13-34(36)62-4)41(56)51-20-24(2)18-46(51,3)44(58)48-29/h7-8,12-16,26,32,38-39,43-44,48,53-54,58H,1-2,6,9-11,17-22H2,3-5H3/t26?,32-,38-,39?,43+,44-,46-/m0/s1. The number of ether oxygens (including phenoxy) is 7. The van der Waals surface area contributed by atoms with E-state index in [1.807, 2.05) is 0 Å². The van der Waals surface area contributed by atoms with E-state index in [0.717, 1.165) is 17.2 Å². The fourth-order valence-electron chi connectivity index (χ4n) is 9.12. The Balaban J connectivity index is 0.965. The Bertz CT molecular complexity index is 2600. The van der Waals surface area contributed by atoms with Crippen molar-refractivity contribution in [2.24, 2.45) is 0 Å². The van der Waals surface area contributed by atoms with Crippen molar-refractivity contribution in [2.75, 3.05) is 57.3 Å². The molecule has 2 unspecified atom stereocenters. The predicted molar refractivity (Wildman–Crippen MR) is 250 cm³/mol. The molecule has 23 heteroatoms. The second-order valence-corrected chi connectivity index (χ2v) is 17.8. The summed E-state index contributed by atoms with van der Waals surface area (Å²) in [5.41, 5.74) is 1.32. The van der Waals surface area contributed by atoms with Crippen LogP contribution in [-0.2, 0) is 23.9 Å². The summed E-state index contributed by atoms with van der Waals surface area (Å²) in [5.74, 6) is -0.822. The molecule has 22 nitrogen and oxygen atoms in total. The summed E-state index contributed by atoms with van der Waals surface area (Å²) in [4.78, 5) is 69.9. The van der Waals surface area contributed by atoms with Gasteiger partial charge in [0.1, 0.15) is 18.9 Å². The predicted octanol–water partition coefficient (Wildman–Crippen LogP) is 4.40. The van der Waals surface area contributed by atoms with Crippen molar-refractivity contribution in [3.8, 4) is 28.7 Å². The van der Waals surface area contributed by atoms with Crippen molar-refractivity contribution in [1.29, 1.82) is 0 Å². The van der Waals surface area contributed by atoms with E-state index in [4.69, 9.17) is 33.2 Å². The number of nitro groups is 1. The molecule has 3 amide bonds. The molecule has 69 heavy (non-hydrogen) atoms. The lowest BCUT2D eigenvalue weighted by atomic mass is 9.95. The Morgan fingerprint density at radius 1 is 0.942 bits per heavy atom. The first-order valence-corrected chi connectivity index (χ1v) is 22.6. The van der Waals surface area contributed by atoms with E-state index in [0.29, 0.717) is 48.6 Å². The molecule has 4 N–H and O–H groups in total. The van der Waals surface area contributed by atoms with E-state index in [9.17, 15) is 44.6 Å². The lowest BCUT2D eigenvalue weighted by Gasteiger charge is -2.36. The molecule has 0 radical (unpaired) electrons. The fraction of sp³-hybridized carbons (Fsp3) is 0.435. The first-order chi connectivity index (χ1) is 32.9. The maximum absolute atomic E-state index is 14.1. The summed E-state index contributed by atoms with van der Waals surface area (Å²) in [6, 6.07) is 9.40. The van der Waals surface area contributed by atoms with Crippen LogP contribution in [0.2, 0.25) is 0 Å². The van der Waals surface area contributed by atoms with Crippen molar-refractivity contribution >= 4 is 63.9 Å². The van der Waals surface area contributed by atoms with Gasteiger partial charge in [0.2, 0.25) is 6.29 Å².